The molecule has 29 heavy (non-hydrogen) atoms. The molecule has 0 aromatic heterocycles. The molecule has 0 atom stereocenters. The first-order valence-electron chi connectivity index (χ1n) is 8.09. The minimum absolute atomic E-state index is 0.0916. The van der Waals surface area contributed by atoms with Crippen molar-refractivity contribution in [3.05, 3.63) is 47.2 Å². The molecule has 0 aliphatic rings. The van der Waals surface area contributed by atoms with E-state index in [-0.39, 0.29) is 30.2 Å². The second kappa shape index (κ2) is 10.6. The number of rotatable bonds is 7. The topological polar surface area (TPSA) is 111 Å². The summed E-state index contributed by atoms with van der Waals surface area (Å²) in [5.74, 6) is -0.168. The highest BCUT2D eigenvalue weighted by Crippen LogP contribution is 2.42. The van der Waals surface area contributed by atoms with Gasteiger partial charge in [0.2, 0.25) is 0 Å². The molecule has 0 saturated carbocycles. The SMILES string of the molecule is COc1c(Br)cc(C/C(=N\O)C(=O)NCCc2cc(Br)c(O)c(Br)c2)c(O)c1Br. The highest BCUT2D eigenvalue weighted by atomic mass is 79.9. The van der Waals surface area contributed by atoms with Crippen molar-refractivity contribution in [3.63, 3.8) is 0 Å². The lowest BCUT2D eigenvalue weighted by Gasteiger charge is -2.13. The smallest absolute Gasteiger partial charge is 0.269 e. The number of nitrogens with one attached hydrogen (secondary N) is 1. The number of phenolic OH excluding ortho intramolecular Hbond substituents is 2. The molecule has 0 radical (unpaired) electrons. The lowest BCUT2D eigenvalue weighted by atomic mass is 10.1. The summed E-state index contributed by atoms with van der Waals surface area (Å²) in [5, 5.41) is 35.1. The van der Waals surface area contributed by atoms with Crippen molar-refractivity contribution >= 4 is 75.3 Å². The zero-order valence-electron chi connectivity index (χ0n) is 15.0. The molecule has 0 heterocycles. The molecule has 0 saturated heterocycles. The normalized spacial score (nSPS) is 11.4. The van der Waals surface area contributed by atoms with Crippen LogP contribution in [0, 0.1) is 0 Å². The first kappa shape index (κ1) is 24.0. The third kappa shape index (κ3) is 5.87. The van der Waals surface area contributed by atoms with Gasteiger partial charge in [-0.05, 0) is 93.9 Å². The molecule has 0 aliphatic carbocycles. The average molecular weight is 660 g/mol. The van der Waals surface area contributed by atoms with Gasteiger partial charge >= 0.3 is 0 Å². The van der Waals surface area contributed by atoms with Crippen molar-refractivity contribution in [1.82, 2.24) is 5.32 Å². The Morgan fingerprint density at radius 1 is 1.07 bits per heavy atom. The van der Waals surface area contributed by atoms with Gasteiger partial charge in [-0.3, -0.25) is 4.79 Å². The van der Waals surface area contributed by atoms with Crippen LogP contribution in [-0.4, -0.2) is 40.7 Å². The van der Waals surface area contributed by atoms with E-state index in [9.17, 15) is 20.2 Å². The summed E-state index contributed by atoms with van der Waals surface area (Å²) in [4.78, 5) is 12.4. The van der Waals surface area contributed by atoms with Gasteiger partial charge in [0.1, 0.15) is 21.7 Å². The Bertz CT molecular complexity index is 943. The quantitative estimate of drug-likeness (QED) is 0.192. The second-order valence-electron chi connectivity index (χ2n) is 5.85. The highest BCUT2D eigenvalue weighted by molar-refractivity contribution is 9.11. The van der Waals surface area contributed by atoms with E-state index in [0.29, 0.717) is 35.6 Å². The van der Waals surface area contributed by atoms with Crippen molar-refractivity contribution in [2.75, 3.05) is 13.7 Å². The molecule has 0 bridgehead atoms. The van der Waals surface area contributed by atoms with E-state index in [1.165, 1.54) is 7.11 Å². The summed E-state index contributed by atoms with van der Waals surface area (Å²) in [5.41, 5.74) is 1.10. The molecular weight excluding hydrogens is 644 g/mol. The standard InChI is InChI=1S/C18H16Br4N2O5/c1-29-17-12(21)6-9(15(25)14(17)22)7-13(24-28)18(27)23-3-2-8-4-10(19)16(26)11(20)5-8/h4-6,25-26,28H,2-3,7H2,1H3,(H,23,27)/b24-13+. The fourth-order valence-corrected chi connectivity index (χ4v) is 5.30. The van der Waals surface area contributed by atoms with E-state index in [1.54, 1.807) is 18.2 Å². The average Bonchev–Trinajstić information content (AvgIpc) is 2.67. The molecule has 0 fully saturated rings. The number of hydrogen-bond donors (Lipinski definition) is 4. The Kier molecular flexibility index (Phi) is 8.80. The van der Waals surface area contributed by atoms with Gasteiger partial charge in [0.15, 0.2) is 5.75 Å². The lowest BCUT2D eigenvalue weighted by molar-refractivity contribution is -0.115. The number of carbonyl (C=O) groups is 1. The van der Waals surface area contributed by atoms with E-state index in [2.05, 4.69) is 74.2 Å². The Balaban J connectivity index is 2.05. The number of carbonyl (C=O) groups excluding carboxylic acids is 1. The van der Waals surface area contributed by atoms with E-state index < -0.39 is 5.91 Å². The summed E-state index contributed by atoms with van der Waals surface area (Å²) in [6.45, 7) is 0.281. The maximum Gasteiger partial charge on any atom is 0.269 e. The summed E-state index contributed by atoms with van der Waals surface area (Å²) in [7, 11) is 1.46. The number of hydrogen-bond acceptors (Lipinski definition) is 6. The zero-order chi connectivity index (χ0) is 21.7. The van der Waals surface area contributed by atoms with Crippen molar-refractivity contribution in [2.24, 2.45) is 5.16 Å². The summed E-state index contributed by atoms with van der Waals surface area (Å²) in [6, 6.07) is 5.08. The van der Waals surface area contributed by atoms with Crippen LogP contribution in [0.25, 0.3) is 0 Å². The molecule has 4 N–H and O–H groups in total. The number of methoxy groups -OCH3 is 1. The van der Waals surface area contributed by atoms with Crippen LogP contribution >= 0.6 is 63.7 Å². The van der Waals surface area contributed by atoms with Crippen LogP contribution in [0.1, 0.15) is 11.1 Å². The van der Waals surface area contributed by atoms with E-state index >= 15 is 0 Å². The summed E-state index contributed by atoms with van der Waals surface area (Å²) in [6.07, 6.45) is 0.401. The Morgan fingerprint density at radius 2 is 1.69 bits per heavy atom. The van der Waals surface area contributed by atoms with Crippen LogP contribution in [0.2, 0.25) is 0 Å². The van der Waals surface area contributed by atoms with Gasteiger partial charge in [-0.2, -0.15) is 0 Å². The van der Waals surface area contributed by atoms with Gasteiger partial charge < -0.3 is 25.5 Å². The van der Waals surface area contributed by atoms with Gasteiger partial charge in [0.05, 0.1) is 20.5 Å². The fraction of sp³-hybridized carbons (Fsp3) is 0.222. The molecule has 0 unspecified atom stereocenters. The maximum atomic E-state index is 12.4. The number of amides is 1. The third-order valence-electron chi connectivity index (χ3n) is 3.95. The molecule has 156 valence electrons. The van der Waals surface area contributed by atoms with Crippen molar-refractivity contribution < 1.29 is 25.0 Å². The van der Waals surface area contributed by atoms with Gasteiger partial charge in [0, 0.05) is 18.5 Å². The first-order chi connectivity index (χ1) is 13.7. The molecule has 7 nitrogen and oxygen atoms in total. The number of benzene rings is 2. The number of phenols is 2. The number of halogens is 4. The van der Waals surface area contributed by atoms with E-state index in [4.69, 9.17) is 4.74 Å². The zero-order valence-corrected chi connectivity index (χ0v) is 21.3. The number of aromatic hydroxyl groups is 2. The predicted octanol–water partition coefficient (Wildman–Crippen LogP) is 4.89. The Labute approximate surface area is 200 Å². The largest absolute Gasteiger partial charge is 0.506 e. The molecule has 0 spiro atoms. The second-order valence-corrected chi connectivity index (χ2v) is 9.21. The van der Waals surface area contributed by atoms with E-state index in [1.807, 2.05) is 0 Å². The van der Waals surface area contributed by atoms with Gasteiger partial charge in [-0.25, -0.2) is 0 Å². The molecule has 1 amide bonds. The van der Waals surface area contributed by atoms with Crippen molar-refractivity contribution in [2.45, 2.75) is 12.8 Å². The van der Waals surface area contributed by atoms with Crippen LogP contribution in [0.15, 0.2) is 41.2 Å². The predicted molar refractivity (Wildman–Crippen MR) is 123 cm³/mol. The van der Waals surface area contributed by atoms with Crippen molar-refractivity contribution in [1.29, 1.82) is 0 Å². The molecule has 2 aromatic rings. The van der Waals surface area contributed by atoms with Crippen LogP contribution in [0.4, 0.5) is 0 Å². The fourth-order valence-electron chi connectivity index (χ4n) is 2.49. The maximum absolute atomic E-state index is 12.4. The minimum atomic E-state index is -0.563. The number of ether oxygens (including phenoxy) is 1. The highest BCUT2D eigenvalue weighted by Gasteiger charge is 2.20. The monoisotopic (exact) mass is 656 g/mol. The molecule has 11 heteroatoms. The van der Waals surface area contributed by atoms with Crippen LogP contribution in [-0.2, 0) is 17.6 Å². The van der Waals surface area contributed by atoms with Crippen LogP contribution in [0.3, 0.4) is 0 Å². The van der Waals surface area contributed by atoms with Crippen LogP contribution < -0.4 is 10.1 Å². The van der Waals surface area contributed by atoms with Gasteiger partial charge in [0.25, 0.3) is 5.91 Å². The Hall–Kier alpha value is -1.30. The van der Waals surface area contributed by atoms with Crippen molar-refractivity contribution in [3.8, 4) is 17.2 Å². The first-order valence-corrected chi connectivity index (χ1v) is 11.3. The van der Waals surface area contributed by atoms with Gasteiger partial charge in [-0.15, -0.1) is 0 Å². The Morgan fingerprint density at radius 3 is 2.24 bits per heavy atom. The number of oxime groups is 1. The summed E-state index contributed by atoms with van der Waals surface area (Å²) < 4.78 is 7.15. The van der Waals surface area contributed by atoms with Gasteiger partial charge in [-0.1, -0.05) is 5.16 Å². The molecule has 2 rings (SSSR count). The lowest BCUT2D eigenvalue weighted by Crippen LogP contribution is -2.33. The molecule has 0 aliphatic heterocycles. The third-order valence-corrected chi connectivity index (χ3v) is 6.48. The summed E-state index contributed by atoms with van der Waals surface area (Å²) >= 11 is 13.1. The van der Waals surface area contributed by atoms with E-state index in [0.717, 1.165) is 5.56 Å². The van der Waals surface area contributed by atoms with Crippen LogP contribution in [0.5, 0.6) is 17.2 Å². The molecular formula is C18H16Br4N2O5. The molecule has 2 aromatic carbocycles. The minimum Gasteiger partial charge on any atom is -0.506 e. The number of nitrogens with zero attached hydrogens (tertiary/aromatic N) is 1.